The van der Waals surface area contributed by atoms with E-state index in [1.807, 2.05) is 6.07 Å². The number of unbranched alkanes of at least 4 members (excludes halogenated alkanes) is 14. The van der Waals surface area contributed by atoms with E-state index in [9.17, 15) is 25.9 Å². The molecule has 2 aromatic carbocycles. The normalized spacial score (nSPS) is 12.1. The minimum absolute atomic E-state index is 0.189. The maximum absolute atomic E-state index is 12.6. The molecule has 0 fully saturated rings. The highest BCUT2D eigenvalue weighted by atomic mass is 32.2. The van der Waals surface area contributed by atoms with E-state index in [1.54, 1.807) is 24.3 Å². The molecule has 0 unspecified atom stereocenters. The second kappa shape index (κ2) is 18.6. The summed E-state index contributed by atoms with van der Waals surface area (Å²) in [4.78, 5) is -1.57. The molecule has 0 atom stereocenters. The van der Waals surface area contributed by atoms with Crippen molar-refractivity contribution in [2.45, 2.75) is 139 Å². The second-order valence-corrected chi connectivity index (χ2v) is 13.7. The minimum Gasteiger partial charge on any atom is -0.457 e. The molecular formula is C32H50O7S2. The Balaban J connectivity index is 2.41. The van der Waals surface area contributed by atoms with Crippen molar-refractivity contribution in [3.05, 3.63) is 47.5 Å². The van der Waals surface area contributed by atoms with Gasteiger partial charge in [-0.1, -0.05) is 122 Å². The molecule has 0 saturated heterocycles. The molecule has 0 aliphatic carbocycles. The van der Waals surface area contributed by atoms with Gasteiger partial charge in [-0.15, -0.1) is 0 Å². The predicted octanol–water partition coefficient (Wildman–Crippen LogP) is 9.34. The van der Waals surface area contributed by atoms with Crippen molar-refractivity contribution in [1.82, 2.24) is 0 Å². The van der Waals surface area contributed by atoms with Gasteiger partial charge in [0.25, 0.3) is 20.2 Å². The number of rotatable bonds is 22. The van der Waals surface area contributed by atoms with E-state index < -0.39 is 30.0 Å². The fourth-order valence-corrected chi connectivity index (χ4v) is 7.39. The molecule has 0 aliphatic rings. The van der Waals surface area contributed by atoms with Crippen LogP contribution in [0.1, 0.15) is 128 Å². The first-order valence-electron chi connectivity index (χ1n) is 15.5. The summed E-state index contributed by atoms with van der Waals surface area (Å²) in [7, 11) is -9.94. The summed E-state index contributed by atoms with van der Waals surface area (Å²) in [6.07, 6.45) is 17.8. The fourth-order valence-electron chi connectivity index (χ4n) is 5.30. The number of benzene rings is 2. The van der Waals surface area contributed by atoms with Crippen molar-refractivity contribution in [2.24, 2.45) is 0 Å². The standard InChI is InChI=1S/C32H50O7S2/c1-3-5-7-9-11-13-15-20-24-28-29(25-21-16-14-12-10-8-6-4-2)32(41(36,37)38)31(40(33,34)35)26-30(28)39-27-22-18-17-19-23-27/h17-19,22-23,26H,3-16,20-21,24-25H2,1-2H3,(H,33,34,35)(H,36,37,38). The van der Waals surface area contributed by atoms with Crippen LogP contribution in [0.3, 0.4) is 0 Å². The Morgan fingerprint density at radius 3 is 1.46 bits per heavy atom. The lowest BCUT2D eigenvalue weighted by Gasteiger charge is -2.20. The predicted molar refractivity (Wildman–Crippen MR) is 165 cm³/mol. The van der Waals surface area contributed by atoms with Gasteiger partial charge in [-0.3, -0.25) is 9.11 Å². The lowest BCUT2D eigenvalue weighted by atomic mass is 9.95. The van der Waals surface area contributed by atoms with Crippen LogP contribution in [0.5, 0.6) is 11.5 Å². The Labute approximate surface area is 248 Å². The fraction of sp³-hybridized carbons (Fsp3) is 0.625. The molecule has 0 radical (unpaired) electrons. The third-order valence-corrected chi connectivity index (χ3v) is 9.48. The molecule has 0 heterocycles. The molecule has 0 saturated carbocycles. The summed E-state index contributed by atoms with van der Waals surface area (Å²) < 4.78 is 76.4. The Bertz CT molecular complexity index is 1240. The molecule has 9 heteroatoms. The van der Waals surface area contributed by atoms with E-state index in [0.29, 0.717) is 24.2 Å². The third kappa shape index (κ3) is 12.8. The number of para-hydroxylation sites is 1. The van der Waals surface area contributed by atoms with Crippen LogP contribution in [-0.4, -0.2) is 25.9 Å². The number of ether oxygens (including phenoxy) is 1. The highest BCUT2D eigenvalue weighted by Crippen LogP contribution is 2.39. The Morgan fingerprint density at radius 2 is 1.02 bits per heavy atom. The van der Waals surface area contributed by atoms with Crippen LogP contribution in [0.2, 0.25) is 0 Å². The van der Waals surface area contributed by atoms with Gasteiger partial charge in [-0.25, -0.2) is 0 Å². The first-order valence-corrected chi connectivity index (χ1v) is 18.3. The topological polar surface area (TPSA) is 118 Å². The molecule has 0 spiro atoms. The Kier molecular flexibility index (Phi) is 16.0. The van der Waals surface area contributed by atoms with Crippen molar-refractivity contribution < 1.29 is 30.7 Å². The van der Waals surface area contributed by atoms with Crippen molar-refractivity contribution in [3.63, 3.8) is 0 Å². The molecule has 0 aliphatic heterocycles. The molecule has 7 nitrogen and oxygen atoms in total. The van der Waals surface area contributed by atoms with Crippen molar-refractivity contribution >= 4 is 20.2 Å². The highest BCUT2D eigenvalue weighted by molar-refractivity contribution is 7.89. The molecule has 0 bridgehead atoms. The number of hydrogen-bond acceptors (Lipinski definition) is 5. The van der Waals surface area contributed by atoms with E-state index >= 15 is 0 Å². The second-order valence-electron chi connectivity index (χ2n) is 11.0. The zero-order valence-electron chi connectivity index (χ0n) is 24.9. The van der Waals surface area contributed by atoms with Gasteiger partial charge >= 0.3 is 0 Å². The summed E-state index contributed by atoms with van der Waals surface area (Å²) in [5.41, 5.74) is 0.797. The molecule has 2 aromatic rings. The molecule has 2 N–H and O–H groups in total. The van der Waals surface area contributed by atoms with E-state index in [2.05, 4.69) is 13.8 Å². The first kappa shape index (κ1) is 35.3. The molecule has 232 valence electrons. The zero-order valence-corrected chi connectivity index (χ0v) is 26.6. The Morgan fingerprint density at radius 1 is 0.585 bits per heavy atom. The van der Waals surface area contributed by atoms with Crippen LogP contribution >= 0.6 is 0 Å². The molecule has 41 heavy (non-hydrogen) atoms. The van der Waals surface area contributed by atoms with E-state index in [4.69, 9.17) is 4.74 Å². The largest absolute Gasteiger partial charge is 0.457 e. The average molecular weight is 611 g/mol. The van der Waals surface area contributed by atoms with Gasteiger partial charge in [0.05, 0.1) is 0 Å². The monoisotopic (exact) mass is 610 g/mol. The van der Waals surface area contributed by atoms with Gasteiger partial charge in [-0.05, 0) is 48.9 Å². The van der Waals surface area contributed by atoms with E-state index in [-0.39, 0.29) is 17.7 Å². The average Bonchev–Trinajstić information content (AvgIpc) is 2.91. The smallest absolute Gasteiger partial charge is 0.296 e. The van der Waals surface area contributed by atoms with Crippen LogP contribution in [0, 0.1) is 0 Å². The van der Waals surface area contributed by atoms with Crippen LogP contribution in [0.4, 0.5) is 0 Å². The maximum atomic E-state index is 12.6. The van der Waals surface area contributed by atoms with Gasteiger partial charge in [-0.2, -0.15) is 16.8 Å². The molecule has 2 rings (SSSR count). The molecule has 0 amide bonds. The van der Waals surface area contributed by atoms with Gasteiger partial charge in [0.15, 0.2) is 0 Å². The van der Waals surface area contributed by atoms with Gasteiger partial charge in [0.2, 0.25) is 0 Å². The number of hydrogen-bond donors (Lipinski definition) is 2. The Hall–Kier alpha value is -1.94. The quantitative estimate of drug-likeness (QED) is 0.101. The SMILES string of the molecule is CCCCCCCCCCc1c(Oc2ccccc2)cc(S(=O)(=O)O)c(S(=O)(=O)O)c1CCCCCCCCCC. The van der Waals surface area contributed by atoms with E-state index in [0.717, 1.165) is 57.4 Å². The first-order chi connectivity index (χ1) is 19.6. The molecule has 0 aromatic heterocycles. The third-order valence-electron chi connectivity index (χ3n) is 7.49. The van der Waals surface area contributed by atoms with Gasteiger partial charge < -0.3 is 4.74 Å². The minimum atomic E-state index is -4.98. The lowest BCUT2D eigenvalue weighted by Crippen LogP contribution is -2.15. The highest BCUT2D eigenvalue weighted by Gasteiger charge is 2.31. The van der Waals surface area contributed by atoms with Crippen molar-refractivity contribution in [3.8, 4) is 11.5 Å². The summed E-state index contributed by atoms with van der Waals surface area (Å²) in [5.74, 6) is 0.650. The summed E-state index contributed by atoms with van der Waals surface area (Å²) in [5, 5.41) is 0. The zero-order chi connectivity index (χ0) is 30.1. The molecular weight excluding hydrogens is 560 g/mol. The van der Waals surface area contributed by atoms with Crippen molar-refractivity contribution in [1.29, 1.82) is 0 Å². The lowest BCUT2D eigenvalue weighted by molar-refractivity contribution is 0.451. The summed E-state index contributed by atoms with van der Waals surface area (Å²) in [6, 6.07) is 9.89. The van der Waals surface area contributed by atoms with Gasteiger partial charge in [0, 0.05) is 6.07 Å². The maximum Gasteiger partial charge on any atom is 0.296 e. The summed E-state index contributed by atoms with van der Waals surface area (Å²) >= 11 is 0. The van der Waals surface area contributed by atoms with Crippen LogP contribution in [-0.2, 0) is 33.1 Å². The van der Waals surface area contributed by atoms with E-state index in [1.165, 1.54) is 44.9 Å². The van der Waals surface area contributed by atoms with Crippen LogP contribution in [0.15, 0.2) is 46.2 Å². The van der Waals surface area contributed by atoms with Crippen molar-refractivity contribution in [2.75, 3.05) is 0 Å². The summed E-state index contributed by atoms with van der Waals surface area (Å²) in [6.45, 7) is 4.36. The van der Waals surface area contributed by atoms with Gasteiger partial charge in [0.1, 0.15) is 21.3 Å². The van der Waals surface area contributed by atoms with Crippen LogP contribution in [0.25, 0.3) is 0 Å². The van der Waals surface area contributed by atoms with Crippen LogP contribution < -0.4 is 4.74 Å².